The predicted molar refractivity (Wildman–Crippen MR) is 83.8 cm³/mol. The minimum Gasteiger partial charge on any atom is -0.369 e. The van der Waals surface area contributed by atoms with E-state index in [9.17, 15) is 0 Å². The Bertz CT molecular complexity index is 319. The van der Waals surface area contributed by atoms with Gasteiger partial charge in [0.2, 0.25) is 0 Å². The van der Waals surface area contributed by atoms with E-state index in [1.165, 1.54) is 51.4 Å². The van der Waals surface area contributed by atoms with E-state index in [1.54, 1.807) is 0 Å². The van der Waals surface area contributed by atoms with Crippen molar-refractivity contribution < 1.29 is 4.74 Å². The lowest BCUT2D eigenvalue weighted by molar-refractivity contribution is -0.169. The largest absolute Gasteiger partial charge is 0.369 e. The van der Waals surface area contributed by atoms with Gasteiger partial charge in [-0.2, -0.15) is 0 Å². The van der Waals surface area contributed by atoms with E-state index >= 15 is 0 Å². The van der Waals surface area contributed by atoms with Crippen molar-refractivity contribution in [3.63, 3.8) is 0 Å². The molecular formula is C18H33NO. The fraction of sp³-hybridized carbons (Fsp3) is 1.00. The lowest BCUT2D eigenvalue weighted by Crippen LogP contribution is -2.61. The zero-order valence-electron chi connectivity index (χ0n) is 13.7. The van der Waals surface area contributed by atoms with Gasteiger partial charge in [-0.05, 0) is 62.7 Å². The molecule has 1 spiro atoms. The highest BCUT2D eigenvalue weighted by Gasteiger charge is 2.45. The number of nitrogens with one attached hydrogen (secondary N) is 1. The molecule has 1 N–H and O–H groups in total. The molecule has 1 aliphatic heterocycles. The van der Waals surface area contributed by atoms with Crippen molar-refractivity contribution in [3.8, 4) is 0 Å². The fourth-order valence-corrected chi connectivity index (χ4v) is 4.72. The molecule has 1 saturated heterocycles. The number of hydrogen-bond donors (Lipinski definition) is 1. The molecule has 0 aromatic rings. The van der Waals surface area contributed by atoms with Crippen LogP contribution in [0.3, 0.4) is 0 Å². The van der Waals surface area contributed by atoms with Gasteiger partial charge in [0.1, 0.15) is 0 Å². The molecule has 3 rings (SSSR count). The molecule has 3 aliphatic rings. The second-order valence-corrected chi connectivity index (χ2v) is 8.00. The zero-order chi connectivity index (χ0) is 14.2. The van der Waals surface area contributed by atoms with Gasteiger partial charge in [-0.3, -0.25) is 0 Å². The van der Waals surface area contributed by atoms with Gasteiger partial charge >= 0.3 is 0 Å². The minimum atomic E-state index is 0.192. The first-order valence-corrected chi connectivity index (χ1v) is 9.03. The lowest BCUT2D eigenvalue weighted by atomic mass is 9.73. The molecule has 0 bridgehead atoms. The Morgan fingerprint density at radius 1 is 1.15 bits per heavy atom. The van der Waals surface area contributed by atoms with Gasteiger partial charge in [-0.15, -0.1) is 0 Å². The van der Waals surface area contributed by atoms with E-state index in [1.807, 2.05) is 0 Å². The third-order valence-corrected chi connectivity index (χ3v) is 6.45. The number of ether oxygens (including phenoxy) is 1. The van der Waals surface area contributed by atoms with Crippen LogP contribution >= 0.6 is 0 Å². The van der Waals surface area contributed by atoms with Gasteiger partial charge in [0, 0.05) is 12.6 Å². The molecule has 2 aliphatic carbocycles. The minimum absolute atomic E-state index is 0.192. The van der Waals surface area contributed by atoms with Crippen LogP contribution in [0.15, 0.2) is 0 Å². The van der Waals surface area contributed by atoms with Crippen molar-refractivity contribution in [1.29, 1.82) is 0 Å². The molecule has 2 saturated carbocycles. The van der Waals surface area contributed by atoms with Gasteiger partial charge in [0.25, 0.3) is 0 Å². The predicted octanol–water partition coefficient (Wildman–Crippen LogP) is 4.14. The summed E-state index contributed by atoms with van der Waals surface area (Å²) in [5.41, 5.74) is 0.192. The number of hydrogen-bond acceptors (Lipinski definition) is 2. The quantitative estimate of drug-likeness (QED) is 0.820. The molecule has 1 heterocycles. The molecule has 0 aromatic carbocycles. The Hall–Kier alpha value is -0.0800. The summed E-state index contributed by atoms with van der Waals surface area (Å²) in [7, 11) is 0. The first kappa shape index (κ1) is 14.8. The summed E-state index contributed by atoms with van der Waals surface area (Å²) < 4.78 is 6.68. The van der Waals surface area contributed by atoms with Crippen molar-refractivity contribution >= 4 is 0 Å². The maximum Gasteiger partial charge on any atom is 0.0811 e. The van der Waals surface area contributed by atoms with Crippen molar-refractivity contribution in [3.05, 3.63) is 0 Å². The summed E-state index contributed by atoms with van der Waals surface area (Å²) in [6.45, 7) is 8.20. The zero-order valence-corrected chi connectivity index (χ0v) is 13.7. The maximum absolute atomic E-state index is 6.68. The SMILES string of the molecule is CCC1CCC2(CC1)CNC1CC(C(C)C)CCC1O2. The van der Waals surface area contributed by atoms with Gasteiger partial charge in [0.05, 0.1) is 11.7 Å². The van der Waals surface area contributed by atoms with Crippen LogP contribution < -0.4 is 5.32 Å². The summed E-state index contributed by atoms with van der Waals surface area (Å²) in [6.07, 6.45) is 11.2. The maximum atomic E-state index is 6.68. The Morgan fingerprint density at radius 2 is 1.90 bits per heavy atom. The Labute approximate surface area is 125 Å². The van der Waals surface area contributed by atoms with Gasteiger partial charge in [-0.25, -0.2) is 0 Å². The van der Waals surface area contributed by atoms with Crippen LogP contribution in [0.5, 0.6) is 0 Å². The summed E-state index contributed by atoms with van der Waals surface area (Å²) in [4.78, 5) is 0. The molecule has 0 radical (unpaired) electrons. The van der Waals surface area contributed by atoms with Crippen molar-refractivity contribution in [2.24, 2.45) is 17.8 Å². The fourth-order valence-electron chi connectivity index (χ4n) is 4.72. The highest BCUT2D eigenvalue weighted by Crippen LogP contribution is 2.42. The molecule has 3 atom stereocenters. The van der Waals surface area contributed by atoms with Crippen LogP contribution in [-0.2, 0) is 4.74 Å². The molecule has 20 heavy (non-hydrogen) atoms. The standard InChI is InChI=1S/C18H33NO/c1-4-14-7-9-18(10-8-14)12-19-16-11-15(13(2)3)5-6-17(16)20-18/h13-17,19H,4-12H2,1-3H3. The van der Waals surface area contributed by atoms with Crippen LogP contribution in [0.4, 0.5) is 0 Å². The van der Waals surface area contributed by atoms with Gasteiger partial charge in [-0.1, -0.05) is 27.2 Å². The summed E-state index contributed by atoms with van der Waals surface area (Å²) in [5, 5.41) is 3.87. The van der Waals surface area contributed by atoms with Crippen LogP contribution in [0, 0.1) is 17.8 Å². The van der Waals surface area contributed by atoms with E-state index in [2.05, 4.69) is 26.1 Å². The first-order chi connectivity index (χ1) is 9.62. The lowest BCUT2D eigenvalue weighted by Gasteiger charge is -2.51. The van der Waals surface area contributed by atoms with Crippen LogP contribution in [0.25, 0.3) is 0 Å². The monoisotopic (exact) mass is 279 g/mol. The number of morpholine rings is 1. The molecule has 0 aromatic heterocycles. The van der Waals surface area contributed by atoms with E-state index in [0.717, 1.165) is 24.3 Å². The van der Waals surface area contributed by atoms with E-state index in [-0.39, 0.29) is 5.60 Å². The molecule has 0 amide bonds. The second kappa shape index (κ2) is 5.96. The van der Waals surface area contributed by atoms with E-state index < -0.39 is 0 Å². The molecule has 116 valence electrons. The third-order valence-electron chi connectivity index (χ3n) is 6.45. The Kier molecular flexibility index (Phi) is 4.42. The molecular weight excluding hydrogens is 246 g/mol. The van der Waals surface area contributed by atoms with Crippen LogP contribution in [-0.4, -0.2) is 24.3 Å². The van der Waals surface area contributed by atoms with Crippen molar-refractivity contribution in [2.45, 2.75) is 89.9 Å². The van der Waals surface area contributed by atoms with E-state index in [0.29, 0.717) is 12.1 Å². The Balaban J connectivity index is 1.57. The number of rotatable bonds is 2. The average Bonchev–Trinajstić information content (AvgIpc) is 2.47. The molecule has 3 unspecified atom stereocenters. The molecule has 2 heteroatoms. The second-order valence-electron chi connectivity index (χ2n) is 8.00. The van der Waals surface area contributed by atoms with Crippen LogP contribution in [0.2, 0.25) is 0 Å². The topological polar surface area (TPSA) is 21.3 Å². The van der Waals surface area contributed by atoms with Gasteiger partial charge < -0.3 is 10.1 Å². The molecule has 2 nitrogen and oxygen atoms in total. The summed E-state index contributed by atoms with van der Waals surface area (Å²) in [5.74, 6) is 2.68. The third kappa shape index (κ3) is 2.92. The van der Waals surface area contributed by atoms with Crippen molar-refractivity contribution in [2.75, 3.05) is 6.54 Å². The normalized spacial score (nSPS) is 45.6. The summed E-state index contributed by atoms with van der Waals surface area (Å²) >= 11 is 0. The van der Waals surface area contributed by atoms with Gasteiger partial charge in [0.15, 0.2) is 0 Å². The smallest absolute Gasteiger partial charge is 0.0811 e. The Morgan fingerprint density at radius 3 is 2.55 bits per heavy atom. The van der Waals surface area contributed by atoms with E-state index in [4.69, 9.17) is 4.74 Å². The van der Waals surface area contributed by atoms with Crippen molar-refractivity contribution in [1.82, 2.24) is 5.32 Å². The molecule has 3 fully saturated rings. The van der Waals surface area contributed by atoms with Crippen LogP contribution in [0.1, 0.15) is 72.1 Å². The highest BCUT2D eigenvalue weighted by atomic mass is 16.5. The average molecular weight is 279 g/mol. The number of fused-ring (bicyclic) bond motifs is 1. The first-order valence-electron chi connectivity index (χ1n) is 9.03. The summed E-state index contributed by atoms with van der Waals surface area (Å²) in [6, 6.07) is 0.630. The highest BCUT2D eigenvalue weighted by molar-refractivity contribution is 4.99.